The van der Waals surface area contributed by atoms with Crippen molar-refractivity contribution in [3.05, 3.63) is 54.0 Å². The van der Waals surface area contributed by atoms with Crippen LogP contribution in [-0.4, -0.2) is 39.9 Å². The number of rotatable bonds is 9. The molecule has 0 saturated heterocycles. The SMILES string of the molecule is COc1ccccc1/C=N/Nc1nnc(SCC(=O)NCc2ccco2)n1N. The van der Waals surface area contributed by atoms with Crippen molar-refractivity contribution in [1.82, 2.24) is 20.2 Å². The summed E-state index contributed by atoms with van der Waals surface area (Å²) < 4.78 is 11.6. The Labute approximate surface area is 165 Å². The highest BCUT2D eigenvalue weighted by Crippen LogP contribution is 2.17. The Bertz CT molecular complexity index is 940. The van der Waals surface area contributed by atoms with E-state index in [1.54, 1.807) is 31.7 Å². The molecule has 2 aromatic heterocycles. The Morgan fingerprint density at radius 1 is 1.36 bits per heavy atom. The molecule has 1 amide bonds. The van der Waals surface area contributed by atoms with E-state index in [4.69, 9.17) is 15.0 Å². The third-order valence-electron chi connectivity index (χ3n) is 3.54. The van der Waals surface area contributed by atoms with Gasteiger partial charge in [-0.15, -0.1) is 10.2 Å². The molecule has 146 valence electrons. The number of carbonyl (C=O) groups excluding carboxylic acids is 1. The molecule has 0 aliphatic heterocycles. The van der Waals surface area contributed by atoms with Gasteiger partial charge in [-0.1, -0.05) is 23.9 Å². The Balaban J connectivity index is 1.50. The predicted octanol–water partition coefficient (Wildman–Crippen LogP) is 1.45. The van der Waals surface area contributed by atoms with Crippen LogP contribution < -0.4 is 21.3 Å². The molecule has 3 rings (SSSR count). The number of nitrogens with zero attached hydrogens (tertiary/aromatic N) is 4. The van der Waals surface area contributed by atoms with Gasteiger partial charge in [-0.2, -0.15) is 5.10 Å². The highest BCUT2D eigenvalue weighted by atomic mass is 32.2. The van der Waals surface area contributed by atoms with E-state index in [1.165, 1.54) is 4.68 Å². The first-order valence-electron chi connectivity index (χ1n) is 8.22. The molecule has 4 N–H and O–H groups in total. The van der Waals surface area contributed by atoms with Crippen molar-refractivity contribution in [2.45, 2.75) is 11.7 Å². The first kappa shape index (κ1) is 19.3. The second-order valence-electron chi connectivity index (χ2n) is 5.43. The number of hydrogen-bond donors (Lipinski definition) is 3. The van der Waals surface area contributed by atoms with E-state index in [0.29, 0.717) is 23.2 Å². The highest BCUT2D eigenvalue weighted by Gasteiger charge is 2.12. The van der Waals surface area contributed by atoms with E-state index in [2.05, 4.69) is 26.0 Å². The summed E-state index contributed by atoms with van der Waals surface area (Å²) in [5.74, 6) is 7.52. The van der Waals surface area contributed by atoms with E-state index in [1.807, 2.05) is 24.3 Å². The summed E-state index contributed by atoms with van der Waals surface area (Å²) in [6.45, 7) is 0.326. The van der Waals surface area contributed by atoms with Crippen LogP contribution in [-0.2, 0) is 11.3 Å². The molecule has 0 radical (unpaired) electrons. The Morgan fingerprint density at radius 3 is 3.00 bits per heavy atom. The maximum absolute atomic E-state index is 11.9. The van der Waals surface area contributed by atoms with Crippen molar-refractivity contribution < 1.29 is 13.9 Å². The normalized spacial score (nSPS) is 10.9. The van der Waals surface area contributed by atoms with Gasteiger partial charge in [0.25, 0.3) is 5.95 Å². The lowest BCUT2D eigenvalue weighted by molar-refractivity contribution is -0.118. The summed E-state index contributed by atoms with van der Waals surface area (Å²) in [7, 11) is 1.59. The fourth-order valence-electron chi connectivity index (χ4n) is 2.16. The van der Waals surface area contributed by atoms with Crippen LogP contribution in [0, 0.1) is 0 Å². The predicted molar refractivity (Wildman–Crippen MR) is 106 cm³/mol. The van der Waals surface area contributed by atoms with Gasteiger partial charge in [-0.3, -0.25) is 4.79 Å². The molecule has 0 bridgehead atoms. The Hall–Kier alpha value is -3.47. The fourth-order valence-corrected chi connectivity index (χ4v) is 2.85. The highest BCUT2D eigenvalue weighted by molar-refractivity contribution is 7.99. The van der Waals surface area contributed by atoms with Crippen LogP contribution in [0.15, 0.2) is 57.3 Å². The fraction of sp³-hybridized carbons (Fsp3) is 0.176. The third-order valence-corrected chi connectivity index (χ3v) is 4.49. The van der Waals surface area contributed by atoms with Crippen LogP contribution in [0.5, 0.6) is 5.75 Å². The number of amides is 1. The van der Waals surface area contributed by atoms with Crippen molar-refractivity contribution in [2.24, 2.45) is 5.10 Å². The number of benzene rings is 1. The molecular weight excluding hydrogens is 382 g/mol. The molecular formula is C17H19N7O3S. The molecule has 0 spiro atoms. The molecule has 0 unspecified atom stereocenters. The molecule has 0 aliphatic rings. The monoisotopic (exact) mass is 401 g/mol. The van der Waals surface area contributed by atoms with Gasteiger partial charge in [0, 0.05) is 5.56 Å². The molecule has 0 aliphatic carbocycles. The zero-order valence-corrected chi connectivity index (χ0v) is 15.8. The summed E-state index contributed by atoms with van der Waals surface area (Å²) in [5.41, 5.74) is 3.51. The smallest absolute Gasteiger partial charge is 0.264 e. The van der Waals surface area contributed by atoms with Gasteiger partial charge in [-0.25, -0.2) is 10.1 Å². The minimum atomic E-state index is -0.173. The van der Waals surface area contributed by atoms with Crippen molar-refractivity contribution >= 4 is 29.8 Å². The number of hydrogen-bond acceptors (Lipinski definition) is 9. The van der Waals surface area contributed by atoms with Gasteiger partial charge in [0.2, 0.25) is 11.1 Å². The minimum Gasteiger partial charge on any atom is -0.496 e. The van der Waals surface area contributed by atoms with Crippen molar-refractivity contribution in [3.63, 3.8) is 0 Å². The van der Waals surface area contributed by atoms with Gasteiger partial charge in [0.15, 0.2) is 0 Å². The van der Waals surface area contributed by atoms with Gasteiger partial charge < -0.3 is 20.3 Å². The number of nitrogens with one attached hydrogen (secondary N) is 2. The first-order chi connectivity index (χ1) is 13.7. The molecule has 1 aromatic carbocycles. The van der Waals surface area contributed by atoms with Gasteiger partial charge in [0.05, 0.1) is 31.9 Å². The number of carbonyl (C=O) groups is 1. The number of anilines is 1. The van der Waals surface area contributed by atoms with Crippen molar-refractivity contribution in [3.8, 4) is 5.75 Å². The van der Waals surface area contributed by atoms with E-state index < -0.39 is 0 Å². The summed E-state index contributed by atoms with van der Waals surface area (Å²) >= 11 is 1.16. The second kappa shape index (κ2) is 9.46. The van der Waals surface area contributed by atoms with Crippen LogP contribution in [0.4, 0.5) is 5.95 Å². The zero-order chi connectivity index (χ0) is 19.8. The number of hydrazone groups is 1. The largest absolute Gasteiger partial charge is 0.496 e. The standard InChI is InChI=1S/C17H19N7O3S/c1-26-14-7-3-2-5-12(14)9-20-21-16-22-23-17(24(16)18)28-11-15(25)19-10-13-6-4-8-27-13/h2-9H,10-11,18H2,1H3,(H,19,25)(H,21,22)/b20-9+. The van der Waals surface area contributed by atoms with Gasteiger partial charge in [0.1, 0.15) is 11.5 Å². The summed E-state index contributed by atoms with van der Waals surface area (Å²) in [5, 5.41) is 15.1. The Morgan fingerprint density at radius 2 is 2.21 bits per heavy atom. The second-order valence-corrected chi connectivity index (χ2v) is 6.38. The lowest BCUT2D eigenvalue weighted by atomic mass is 10.2. The number of thioether (sulfide) groups is 1. The minimum absolute atomic E-state index is 0.139. The van der Waals surface area contributed by atoms with E-state index >= 15 is 0 Å². The molecule has 10 nitrogen and oxygen atoms in total. The van der Waals surface area contributed by atoms with E-state index in [9.17, 15) is 4.79 Å². The van der Waals surface area contributed by atoms with E-state index in [0.717, 1.165) is 17.3 Å². The molecule has 3 aromatic rings. The first-order valence-corrected chi connectivity index (χ1v) is 9.20. The molecule has 2 heterocycles. The number of nitrogens with two attached hydrogens (primary N) is 1. The van der Waals surface area contributed by atoms with Gasteiger partial charge in [-0.05, 0) is 24.3 Å². The van der Waals surface area contributed by atoms with Crippen LogP contribution in [0.2, 0.25) is 0 Å². The average molecular weight is 401 g/mol. The van der Waals surface area contributed by atoms with Crippen LogP contribution >= 0.6 is 11.8 Å². The molecule has 28 heavy (non-hydrogen) atoms. The zero-order valence-electron chi connectivity index (χ0n) is 15.0. The molecule has 0 saturated carbocycles. The maximum atomic E-state index is 11.9. The third kappa shape index (κ3) is 5.04. The van der Waals surface area contributed by atoms with E-state index in [-0.39, 0.29) is 17.6 Å². The van der Waals surface area contributed by atoms with Crippen LogP contribution in [0.25, 0.3) is 0 Å². The summed E-state index contributed by atoms with van der Waals surface area (Å²) in [6.07, 6.45) is 3.14. The molecule has 0 atom stereocenters. The van der Waals surface area contributed by atoms with Gasteiger partial charge >= 0.3 is 0 Å². The molecule has 0 fully saturated rings. The number of furan rings is 1. The lowest BCUT2D eigenvalue weighted by Gasteiger charge is -2.04. The van der Waals surface area contributed by atoms with Crippen molar-refractivity contribution in [2.75, 3.05) is 24.1 Å². The molecule has 11 heteroatoms. The summed E-state index contributed by atoms with van der Waals surface area (Å²) in [6, 6.07) is 11.0. The number of para-hydroxylation sites is 1. The number of aromatic nitrogens is 3. The number of nitrogen functional groups attached to an aromatic ring is 1. The lowest BCUT2D eigenvalue weighted by Crippen LogP contribution is -2.24. The number of methoxy groups -OCH3 is 1. The van der Waals surface area contributed by atoms with Crippen LogP contribution in [0.1, 0.15) is 11.3 Å². The topological polar surface area (TPSA) is 133 Å². The summed E-state index contributed by atoms with van der Waals surface area (Å²) in [4.78, 5) is 11.9. The van der Waals surface area contributed by atoms with Crippen LogP contribution in [0.3, 0.4) is 0 Å². The number of ether oxygens (including phenoxy) is 1. The maximum Gasteiger partial charge on any atom is 0.264 e. The average Bonchev–Trinajstić information content (AvgIpc) is 3.35. The van der Waals surface area contributed by atoms with Crippen molar-refractivity contribution in [1.29, 1.82) is 0 Å². The quantitative estimate of drug-likeness (QED) is 0.212. The Kier molecular flexibility index (Phi) is 6.52.